The van der Waals surface area contributed by atoms with E-state index in [-0.39, 0.29) is 0 Å². The van der Waals surface area contributed by atoms with Crippen LogP contribution in [0.1, 0.15) is 57.4 Å². The van der Waals surface area contributed by atoms with Crippen molar-refractivity contribution in [3.8, 4) is 5.75 Å². The largest absolute Gasteiger partial charge is 0.491 e. The van der Waals surface area contributed by atoms with Crippen molar-refractivity contribution in [2.24, 2.45) is 0 Å². The topological polar surface area (TPSA) is 21.8 Å². The van der Waals surface area contributed by atoms with E-state index in [1.807, 2.05) is 0 Å². The molecule has 1 saturated heterocycles. The molecule has 20 heavy (non-hydrogen) atoms. The fraction of sp³-hybridized carbons (Fsp3) is 0.667. The van der Waals surface area contributed by atoms with Crippen molar-refractivity contribution in [1.29, 1.82) is 0 Å². The van der Waals surface area contributed by atoms with Crippen LogP contribution in [0.25, 0.3) is 0 Å². The summed E-state index contributed by atoms with van der Waals surface area (Å²) in [7, 11) is 0. The maximum absolute atomic E-state index is 5.85. The lowest BCUT2D eigenvalue weighted by Crippen LogP contribution is -2.05. The molecular weight excluding hydrogens is 248 g/mol. The predicted octanol–water partition coefficient (Wildman–Crippen LogP) is 4.76. The Labute approximate surface area is 123 Å². The summed E-state index contributed by atoms with van der Waals surface area (Å²) in [5.41, 5.74) is 1.35. The van der Waals surface area contributed by atoms with E-state index in [0.29, 0.717) is 12.7 Å². The van der Waals surface area contributed by atoms with Gasteiger partial charge in [-0.2, -0.15) is 0 Å². The van der Waals surface area contributed by atoms with Crippen LogP contribution in [-0.4, -0.2) is 19.3 Å². The Morgan fingerprint density at radius 2 is 1.75 bits per heavy atom. The summed E-state index contributed by atoms with van der Waals surface area (Å²) in [4.78, 5) is 0. The second-order valence-electron chi connectivity index (χ2n) is 5.75. The molecule has 1 fully saturated rings. The second kappa shape index (κ2) is 9.02. The molecular formula is C18H28O2. The standard InChI is InChI=1S/C18H28O2/c1-2-3-4-5-6-7-8-11-16-12-9-10-13-18(16)20-15-17-14-19-17/h9-10,12-13,17H,2-8,11,14-15H2,1H3. The van der Waals surface area contributed by atoms with Crippen molar-refractivity contribution in [2.75, 3.05) is 13.2 Å². The van der Waals surface area contributed by atoms with Crippen LogP contribution in [-0.2, 0) is 11.2 Å². The Kier molecular flexibility index (Phi) is 6.93. The Morgan fingerprint density at radius 3 is 2.50 bits per heavy atom. The number of unbranched alkanes of at least 4 members (excludes halogenated alkanes) is 6. The average Bonchev–Trinajstić information content (AvgIpc) is 3.29. The molecule has 0 spiro atoms. The lowest BCUT2D eigenvalue weighted by Gasteiger charge is -2.10. The second-order valence-corrected chi connectivity index (χ2v) is 5.75. The van der Waals surface area contributed by atoms with Gasteiger partial charge in [0.2, 0.25) is 0 Å². The molecule has 1 aromatic carbocycles. The van der Waals surface area contributed by atoms with E-state index in [1.165, 1.54) is 50.5 Å². The van der Waals surface area contributed by atoms with Crippen LogP contribution in [0.2, 0.25) is 0 Å². The monoisotopic (exact) mass is 276 g/mol. The smallest absolute Gasteiger partial charge is 0.122 e. The highest BCUT2D eigenvalue weighted by molar-refractivity contribution is 5.33. The van der Waals surface area contributed by atoms with Gasteiger partial charge in [-0.25, -0.2) is 0 Å². The van der Waals surface area contributed by atoms with Crippen molar-refractivity contribution < 1.29 is 9.47 Å². The van der Waals surface area contributed by atoms with Crippen LogP contribution in [0.4, 0.5) is 0 Å². The third-order valence-electron chi connectivity index (χ3n) is 3.85. The van der Waals surface area contributed by atoms with Gasteiger partial charge >= 0.3 is 0 Å². The molecule has 0 aliphatic carbocycles. The summed E-state index contributed by atoms with van der Waals surface area (Å²) < 4.78 is 11.0. The molecule has 1 aliphatic heterocycles. The number of aryl methyl sites for hydroxylation is 1. The van der Waals surface area contributed by atoms with Gasteiger partial charge < -0.3 is 9.47 Å². The molecule has 1 aliphatic rings. The quantitative estimate of drug-likeness (QED) is 0.429. The fourth-order valence-electron chi connectivity index (χ4n) is 2.47. The Hall–Kier alpha value is -1.02. The average molecular weight is 276 g/mol. The van der Waals surface area contributed by atoms with Crippen molar-refractivity contribution in [1.82, 2.24) is 0 Å². The van der Waals surface area contributed by atoms with E-state index >= 15 is 0 Å². The van der Waals surface area contributed by atoms with Gasteiger partial charge in [0.25, 0.3) is 0 Å². The van der Waals surface area contributed by atoms with E-state index in [4.69, 9.17) is 9.47 Å². The molecule has 0 saturated carbocycles. The first-order chi connectivity index (χ1) is 9.90. The lowest BCUT2D eigenvalue weighted by atomic mass is 10.0. The number of hydrogen-bond donors (Lipinski definition) is 0. The number of hydrogen-bond acceptors (Lipinski definition) is 2. The minimum atomic E-state index is 0.335. The first-order valence-electron chi connectivity index (χ1n) is 8.22. The number of benzene rings is 1. The summed E-state index contributed by atoms with van der Waals surface area (Å²) in [6.07, 6.45) is 11.0. The summed E-state index contributed by atoms with van der Waals surface area (Å²) in [5.74, 6) is 1.05. The van der Waals surface area contributed by atoms with Crippen LogP contribution in [0, 0.1) is 0 Å². The van der Waals surface area contributed by atoms with Gasteiger partial charge in [0, 0.05) is 0 Å². The van der Waals surface area contributed by atoms with Crippen LogP contribution in [0.5, 0.6) is 5.75 Å². The van der Waals surface area contributed by atoms with Gasteiger partial charge in [0.15, 0.2) is 0 Å². The van der Waals surface area contributed by atoms with E-state index in [9.17, 15) is 0 Å². The van der Waals surface area contributed by atoms with Gasteiger partial charge in [-0.15, -0.1) is 0 Å². The van der Waals surface area contributed by atoms with Crippen LogP contribution in [0.3, 0.4) is 0 Å². The van der Waals surface area contributed by atoms with Crippen LogP contribution >= 0.6 is 0 Å². The SMILES string of the molecule is CCCCCCCCCc1ccccc1OCC1CO1. The van der Waals surface area contributed by atoms with Gasteiger partial charge in [0.05, 0.1) is 6.61 Å². The Bertz CT molecular complexity index is 371. The maximum atomic E-state index is 5.85. The van der Waals surface area contributed by atoms with Gasteiger partial charge in [-0.05, 0) is 24.5 Å². The molecule has 2 heteroatoms. The highest BCUT2D eigenvalue weighted by atomic mass is 16.6. The summed E-state index contributed by atoms with van der Waals surface area (Å²) in [6.45, 7) is 3.83. The molecule has 0 N–H and O–H groups in total. The van der Waals surface area contributed by atoms with Crippen molar-refractivity contribution in [3.05, 3.63) is 29.8 Å². The zero-order chi connectivity index (χ0) is 14.0. The number of ether oxygens (including phenoxy) is 2. The van der Waals surface area contributed by atoms with E-state index in [1.54, 1.807) is 0 Å². The minimum absolute atomic E-state index is 0.335. The Balaban J connectivity index is 1.63. The van der Waals surface area contributed by atoms with Crippen molar-refractivity contribution >= 4 is 0 Å². The molecule has 0 amide bonds. The number of para-hydroxylation sites is 1. The summed E-state index contributed by atoms with van der Waals surface area (Å²) >= 11 is 0. The van der Waals surface area contributed by atoms with Crippen LogP contribution < -0.4 is 4.74 Å². The normalized spacial score (nSPS) is 17.1. The fourth-order valence-corrected chi connectivity index (χ4v) is 2.47. The Morgan fingerprint density at radius 1 is 1.05 bits per heavy atom. The molecule has 2 rings (SSSR count). The maximum Gasteiger partial charge on any atom is 0.122 e. The number of rotatable bonds is 11. The molecule has 0 bridgehead atoms. The van der Waals surface area contributed by atoms with Gasteiger partial charge in [-0.1, -0.05) is 63.6 Å². The zero-order valence-electron chi connectivity index (χ0n) is 12.8. The van der Waals surface area contributed by atoms with E-state index in [0.717, 1.165) is 18.8 Å². The number of epoxide rings is 1. The highest BCUT2D eigenvalue weighted by Crippen LogP contribution is 2.22. The van der Waals surface area contributed by atoms with Crippen LogP contribution in [0.15, 0.2) is 24.3 Å². The molecule has 1 heterocycles. The highest BCUT2D eigenvalue weighted by Gasteiger charge is 2.23. The summed E-state index contributed by atoms with van der Waals surface area (Å²) in [6, 6.07) is 8.44. The minimum Gasteiger partial charge on any atom is -0.491 e. The predicted molar refractivity (Wildman–Crippen MR) is 83.4 cm³/mol. The van der Waals surface area contributed by atoms with Crippen molar-refractivity contribution in [2.45, 2.75) is 64.4 Å². The molecule has 1 unspecified atom stereocenters. The molecule has 1 atom stereocenters. The molecule has 112 valence electrons. The molecule has 0 aromatic heterocycles. The van der Waals surface area contributed by atoms with Crippen molar-refractivity contribution in [3.63, 3.8) is 0 Å². The lowest BCUT2D eigenvalue weighted by molar-refractivity contribution is 0.261. The third kappa shape index (κ3) is 5.96. The van der Waals surface area contributed by atoms with Gasteiger partial charge in [0.1, 0.15) is 18.5 Å². The first kappa shape index (κ1) is 15.4. The molecule has 2 nitrogen and oxygen atoms in total. The van der Waals surface area contributed by atoms with Gasteiger partial charge in [-0.3, -0.25) is 0 Å². The van der Waals surface area contributed by atoms with E-state index in [2.05, 4.69) is 31.2 Å². The summed E-state index contributed by atoms with van der Waals surface area (Å²) in [5, 5.41) is 0. The first-order valence-corrected chi connectivity index (χ1v) is 8.22. The van der Waals surface area contributed by atoms with E-state index < -0.39 is 0 Å². The molecule has 1 aromatic rings. The third-order valence-corrected chi connectivity index (χ3v) is 3.85. The zero-order valence-corrected chi connectivity index (χ0v) is 12.8. The molecule has 0 radical (unpaired) electrons.